The smallest absolute Gasteiger partial charge is 0.332 e. The van der Waals surface area contributed by atoms with Gasteiger partial charge in [0, 0.05) is 9.15 Å². The van der Waals surface area contributed by atoms with Crippen molar-refractivity contribution in [3.05, 3.63) is 41.5 Å². The number of carboxylic acid groups (broad SMARTS) is 1. The van der Waals surface area contributed by atoms with Crippen LogP contribution in [-0.2, 0) is 4.79 Å². The average molecular weight is 288 g/mol. The molecule has 1 aromatic carbocycles. The van der Waals surface area contributed by atoms with E-state index in [0.29, 0.717) is 5.57 Å². The minimum absolute atomic E-state index is 0.381. The van der Waals surface area contributed by atoms with Crippen molar-refractivity contribution >= 4 is 32.1 Å². The molecule has 1 N–H and O–H groups in total. The fourth-order valence-corrected chi connectivity index (χ4v) is 1.49. The maximum atomic E-state index is 10.7. The van der Waals surface area contributed by atoms with Crippen molar-refractivity contribution in [2.45, 2.75) is 6.92 Å². The van der Waals surface area contributed by atoms with Gasteiger partial charge in [-0.25, -0.2) is 4.79 Å². The van der Waals surface area contributed by atoms with E-state index in [1.165, 1.54) is 0 Å². The first kappa shape index (κ1) is 10.2. The van der Waals surface area contributed by atoms with Crippen LogP contribution in [0.4, 0.5) is 0 Å². The van der Waals surface area contributed by atoms with Crippen LogP contribution in [0.25, 0.3) is 3.58 Å². The van der Waals surface area contributed by atoms with Crippen LogP contribution in [0.15, 0.2) is 35.9 Å². The third kappa shape index (κ3) is 2.55. The molecule has 13 heavy (non-hydrogen) atoms. The van der Waals surface area contributed by atoms with Gasteiger partial charge in [-0.05, 0) is 35.1 Å². The molecular formula is C10H9IO2. The van der Waals surface area contributed by atoms with Crippen LogP contribution in [-0.4, -0.2) is 11.1 Å². The third-order valence-corrected chi connectivity index (χ3v) is 3.11. The number of hydrogen-bond acceptors (Lipinski definition) is 1. The molecule has 0 heterocycles. The molecule has 0 aliphatic rings. The molecule has 0 aliphatic carbocycles. The number of aliphatic carboxylic acids is 1. The highest BCUT2D eigenvalue weighted by molar-refractivity contribution is 14.1. The Labute approximate surface area is 90.4 Å². The Morgan fingerprint density at radius 3 is 2.31 bits per heavy atom. The molecule has 3 heteroatoms. The van der Waals surface area contributed by atoms with Gasteiger partial charge in [0.15, 0.2) is 0 Å². The fraction of sp³-hybridized carbons (Fsp3) is 0.100. The zero-order chi connectivity index (χ0) is 9.84. The molecule has 0 saturated heterocycles. The van der Waals surface area contributed by atoms with Gasteiger partial charge in [-0.1, -0.05) is 30.3 Å². The molecule has 0 saturated carbocycles. The van der Waals surface area contributed by atoms with Gasteiger partial charge >= 0.3 is 5.97 Å². The van der Waals surface area contributed by atoms with E-state index in [4.69, 9.17) is 5.11 Å². The lowest BCUT2D eigenvalue weighted by molar-refractivity contribution is -0.132. The molecule has 0 bridgehead atoms. The standard InChI is InChI=1S/C10H9IO2/c1-7(10(12)13)9(11)8-5-3-2-4-6-8/h2-6H,1H3,(H,12,13)/b9-7+. The number of carbonyl (C=O) groups is 1. The Balaban J connectivity index is 3.11. The van der Waals surface area contributed by atoms with Crippen LogP contribution in [0.1, 0.15) is 12.5 Å². The Bertz CT molecular complexity index is 341. The maximum absolute atomic E-state index is 10.7. The summed E-state index contributed by atoms with van der Waals surface area (Å²) in [5.74, 6) is -0.867. The summed E-state index contributed by atoms with van der Waals surface area (Å²) in [4.78, 5) is 10.7. The molecule has 0 amide bonds. The molecule has 0 radical (unpaired) electrons. The van der Waals surface area contributed by atoms with E-state index in [9.17, 15) is 4.79 Å². The average Bonchev–Trinajstić information content (AvgIpc) is 2.17. The first-order valence-corrected chi connectivity index (χ1v) is 4.86. The van der Waals surface area contributed by atoms with Crippen molar-refractivity contribution < 1.29 is 9.90 Å². The van der Waals surface area contributed by atoms with Crippen molar-refractivity contribution in [2.75, 3.05) is 0 Å². The maximum Gasteiger partial charge on any atom is 0.332 e. The predicted molar refractivity (Wildman–Crippen MR) is 60.7 cm³/mol. The number of hydrogen-bond donors (Lipinski definition) is 1. The monoisotopic (exact) mass is 288 g/mol. The van der Waals surface area contributed by atoms with Gasteiger partial charge in [0.2, 0.25) is 0 Å². The second-order valence-electron chi connectivity index (χ2n) is 2.61. The van der Waals surface area contributed by atoms with Crippen LogP contribution in [0.2, 0.25) is 0 Å². The molecule has 0 aliphatic heterocycles. The highest BCUT2D eigenvalue weighted by Gasteiger charge is 2.07. The molecule has 68 valence electrons. The Hall–Kier alpha value is -0.840. The predicted octanol–water partition coefficient (Wildman–Crippen LogP) is 2.94. The SMILES string of the molecule is C/C(C(=O)O)=C(\I)c1ccccc1. The van der Waals surface area contributed by atoms with Gasteiger partial charge in [0.25, 0.3) is 0 Å². The minimum Gasteiger partial charge on any atom is -0.478 e. The van der Waals surface area contributed by atoms with Crippen LogP contribution in [0.5, 0.6) is 0 Å². The second-order valence-corrected chi connectivity index (χ2v) is 3.69. The van der Waals surface area contributed by atoms with E-state index in [-0.39, 0.29) is 0 Å². The quantitative estimate of drug-likeness (QED) is 0.671. The zero-order valence-electron chi connectivity index (χ0n) is 7.12. The summed E-state index contributed by atoms with van der Waals surface area (Å²) in [7, 11) is 0. The molecule has 0 unspecified atom stereocenters. The van der Waals surface area contributed by atoms with Gasteiger partial charge in [-0.2, -0.15) is 0 Å². The van der Waals surface area contributed by atoms with Crippen molar-refractivity contribution in [3.8, 4) is 0 Å². The zero-order valence-corrected chi connectivity index (χ0v) is 9.28. The molecule has 0 fully saturated rings. The molecule has 0 atom stereocenters. The number of benzene rings is 1. The molecule has 2 nitrogen and oxygen atoms in total. The van der Waals surface area contributed by atoms with Crippen LogP contribution in [0, 0.1) is 0 Å². The summed E-state index contributed by atoms with van der Waals surface area (Å²) in [6.45, 7) is 1.61. The van der Waals surface area contributed by atoms with Gasteiger partial charge in [0.05, 0.1) is 0 Å². The van der Waals surface area contributed by atoms with E-state index < -0.39 is 5.97 Å². The minimum atomic E-state index is -0.867. The van der Waals surface area contributed by atoms with Gasteiger partial charge in [0.1, 0.15) is 0 Å². The summed E-state index contributed by atoms with van der Waals surface area (Å²) in [5.41, 5.74) is 1.33. The van der Waals surface area contributed by atoms with Crippen LogP contribution in [0.3, 0.4) is 0 Å². The first-order chi connectivity index (χ1) is 6.13. The van der Waals surface area contributed by atoms with Crippen LogP contribution < -0.4 is 0 Å². The van der Waals surface area contributed by atoms with Gasteiger partial charge in [-0.15, -0.1) is 0 Å². The number of carboxylic acids is 1. The highest BCUT2D eigenvalue weighted by atomic mass is 127. The van der Waals surface area contributed by atoms with Gasteiger partial charge in [-0.3, -0.25) is 0 Å². The Kier molecular flexibility index (Phi) is 3.48. The summed E-state index contributed by atoms with van der Waals surface area (Å²) >= 11 is 2.05. The topological polar surface area (TPSA) is 37.3 Å². The van der Waals surface area contributed by atoms with E-state index in [1.807, 2.05) is 52.9 Å². The largest absolute Gasteiger partial charge is 0.478 e. The van der Waals surface area contributed by atoms with Crippen LogP contribution >= 0.6 is 22.6 Å². The van der Waals surface area contributed by atoms with Gasteiger partial charge < -0.3 is 5.11 Å². The third-order valence-electron chi connectivity index (χ3n) is 1.68. The lowest BCUT2D eigenvalue weighted by atomic mass is 10.1. The normalized spacial score (nSPS) is 12.2. The van der Waals surface area contributed by atoms with E-state index in [0.717, 1.165) is 9.14 Å². The summed E-state index contributed by atoms with van der Waals surface area (Å²) in [5, 5.41) is 8.75. The van der Waals surface area contributed by atoms with Crippen molar-refractivity contribution in [2.24, 2.45) is 0 Å². The number of rotatable bonds is 2. The van der Waals surface area contributed by atoms with E-state index in [2.05, 4.69) is 0 Å². The summed E-state index contributed by atoms with van der Waals surface area (Å²) in [6, 6.07) is 9.48. The Morgan fingerprint density at radius 2 is 1.85 bits per heavy atom. The second kappa shape index (κ2) is 4.41. The van der Waals surface area contributed by atoms with Crippen molar-refractivity contribution in [1.29, 1.82) is 0 Å². The molecular weight excluding hydrogens is 279 g/mol. The fourth-order valence-electron chi connectivity index (χ4n) is 0.895. The van der Waals surface area contributed by atoms with E-state index >= 15 is 0 Å². The highest BCUT2D eigenvalue weighted by Crippen LogP contribution is 2.25. The summed E-state index contributed by atoms with van der Waals surface area (Å²) < 4.78 is 0.783. The number of halogens is 1. The molecule has 1 aromatic rings. The lowest BCUT2D eigenvalue weighted by Crippen LogP contribution is -1.97. The Morgan fingerprint density at radius 1 is 1.31 bits per heavy atom. The molecule has 0 spiro atoms. The molecule has 1 rings (SSSR count). The lowest BCUT2D eigenvalue weighted by Gasteiger charge is -2.01. The van der Waals surface area contributed by atoms with Crippen molar-refractivity contribution in [1.82, 2.24) is 0 Å². The molecule has 0 aromatic heterocycles. The first-order valence-electron chi connectivity index (χ1n) is 3.78. The van der Waals surface area contributed by atoms with E-state index in [1.54, 1.807) is 6.92 Å². The summed E-state index contributed by atoms with van der Waals surface area (Å²) in [6.07, 6.45) is 0. The van der Waals surface area contributed by atoms with Crippen molar-refractivity contribution in [3.63, 3.8) is 0 Å².